The number of nitrogens with zero attached hydrogens (tertiary/aromatic N) is 2. The second kappa shape index (κ2) is 7.22. The Morgan fingerprint density at radius 1 is 1.27 bits per heavy atom. The van der Waals surface area contributed by atoms with E-state index < -0.39 is 11.0 Å². The molecule has 0 saturated carbocycles. The minimum atomic E-state index is -0.621. The van der Waals surface area contributed by atoms with Gasteiger partial charge in [-0.05, 0) is 25.1 Å². The van der Waals surface area contributed by atoms with Gasteiger partial charge in [-0.3, -0.25) is 19.7 Å². The standard InChI is InChI=1S/C18H17N3O5/c1-12-18(23)20(15-7-2-3-8-16(15)26-12)10-9-17(22)19-13-5-4-6-14(11-13)21(24)25/h2-8,11-12H,9-10H2,1H3,(H,19,22). The fourth-order valence-electron chi connectivity index (χ4n) is 2.72. The van der Waals surface area contributed by atoms with E-state index in [1.54, 1.807) is 31.2 Å². The second-order valence-corrected chi connectivity index (χ2v) is 5.82. The van der Waals surface area contributed by atoms with Crippen molar-refractivity contribution >= 4 is 28.9 Å². The molecular weight excluding hydrogens is 338 g/mol. The fraction of sp³-hybridized carbons (Fsp3) is 0.222. The van der Waals surface area contributed by atoms with Crippen molar-refractivity contribution < 1.29 is 19.2 Å². The number of benzene rings is 2. The lowest BCUT2D eigenvalue weighted by atomic mass is 10.1. The Morgan fingerprint density at radius 3 is 2.81 bits per heavy atom. The van der Waals surface area contributed by atoms with Crippen molar-refractivity contribution in [3.05, 3.63) is 58.6 Å². The van der Waals surface area contributed by atoms with Gasteiger partial charge >= 0.3 is 0 Å². The number of rotatable bonds is 5. The summed E-state index contributed by atoms with van der Waals surface area (Å²) in [6, 6.07) is 12.8. The van der Waals surface area contributed by atoms with Gasteiger partial charge in [0.05, 0.1) is 10.6 Å². The molecule has 8 nitrogen and oxygen atoms in total. The van der Waals surface area contributed by atoms with Crippen LogP contribution in [0.25, 0.3) is 0 Å². The number of amides is 2. The predicted molar refractivity (Wildman–Crippen MR) is 95.2 cm³/mol. The average Bonchev–Trinajstić information content (AvgIpc) is 2.62. The lowest BCUT2D eigenvalue weighted by Crippen LogP contribution is -2.45. The van der Waals surface area contributed by atoms with Crippen LogP contribution in [0.2, 0.25) is 0 Å². The Balaban J connectivity index is 1.67. The van der Waals surface area contributed by atoms with Gasteiger partial charge in [0.15, 0.2) is 6.10 Å². The molecule has 2 aromatic rings. The summed E-state index contributed by atoms with van der Waals surface area (Å²) < 4.78 is 5.56. The van der Waals surface area contributed by atoms with E-state index in [1.165, 1.54) is 23.1 Å². The molecule has 1 unspecified atom stereocenters. The lowest BCUT2D eigenvalue weighted by Gasteiger charge is -2.32. The number of hydrogen-bond donors (Lipinski definition) is 1. The number of hydrogen-bond acceptors (Lipinski definition) is 5. The molecule has 0 radical (unpaired) electrons. The molecule has 1 atom stereocenters. The maximum absolute atomic E-state index is 12.4. The first-order valence-electron chi connectivity index (χ1n) is 8.07. The van der Waals surface area contributed by atoms with Crippen LogP contribution >= 0.6 is 0 Å². The van der Waals surface area contributed by atoms with Crippen LogP contribution in [0.4, 0.5) is 17.1 Å². The topological polar surface area (TPSA) is 102 Å². The van der Waals surface area contributed by atoms with Gasteiger partial charge in [-0.25, -0.2) is 0 Å². The largest absolute Gasteiger partial charge is 0.479 e. The summed E-state index contributed by atoms with van der Waals surface area (Å²) in [7, 11) is 0. The van der Waals surface area contributed by atoms with E-state index in [2.05, 4.69) is 5.32 Å². The van der Waals surface area contributed by atoms with Crippen molar-refractivity contribution in [1.29, 1.82) is 0 Å². The molecular formula is C18H17N3O5. The van der Waals surface area contributed by atoms with Crippen LogP contribution in [-0.2, 0) is 9.59 Å². The smallest absolute Gasteiger partial charge is 0.271 e. The van der Waals surface area contributed by atoms with Crippen molar-refractivity contribution in [3.63, 3.8) is 0 Å². The van der Waals surface area contributed by atoms with Gasteiger partial charge in [0, 0.05) is 30.8 Å². The molecule has 2 aromatic carbocycles. The summed E-state index contributed by atoms with van der Waals surface area (Å²) in [6.45, 7) is 1.85. The Morgan fingerprint density at radius 2 is 2.04 bits per heavy atom. The predicted octanol–water partition coefficient (Wildman–Crippen LogP) is 2.74. The highest BCUT2D eigenvalue weighted by atomic mass is 16.6. The molecule has 0 aliphatic carbocycles. The van der Waals surface area contributed by atoms with Crippen molar-refractivity contribution in [2.45, 2.75) is 19.4 Å². The van der Waals surface area contributed by atoms with Crippen LogP contribution in [0.1, 0.15) is 13.3 Å². The van der Waals surface area contributed by atoms with Gasteiger partial charge in [-0.2, -0.15) is 0 Å². The molecule has 1 N–H and O–H groups in total. The zero-order valence-electron chi connectivity index (χ0n) is 14.0. The molecule has 1 heterocycles. The van der Waals surface area contributed by atoms with Crippen LogP contribution < -0.4 is 15.0 Å². The van der Waals surface area contributed by atoms with Gasteiger partial charge in [-0.1, -0.05) is 18.2 Å². The zero-order chi connectivity index (χ0) is 18.7. The van der Waals surface area contributed by atoms with Gasteiger partial charge in [-0.15, -0.1) is 0 Å². The average molecular weight is 355 g/mol. The Labute approximate surface area is 149 Å². The van der Waals surface area contributed by atoms with Gasteiger partial charge < -0.3 is 15.0 Å². The molecule has 1 aliphatic heterocycles. The Bertz CT molecular complexity index is 867. The Hall–Kier alpha value is -3.42. The molecule has 1 aliphatic rings. The number of non-ortho nitro benzene ring substituents is 1. The number of ether oxygens (including phenoxy) is 1. The number of anilines is 2. The van der Waals surface area contributed by atoms with E-state index >= 15 is 0 Å². The molecule has 0 saturated heterocycles. The first kappa shape index (κ1) is 17.4. The van der Waals surface area contributed by atoms with Crippen molar-refractivity contribution in [2.24, 2.45) is 0 Å². The van der Waals surface area contributed by atoms with E-state index in [9.17, 15) is 19.7 Å². The number of nitro groups is 1. The first-order valence-corrected chi connectivity index (χ1v) is 8.07. The molecule has 0 spiro atoms. The van der Waals surface area contributed by atoms with E-state index in [1.807, 2.05) is 6.07 Å². The van der Waals surface area contributed by atoms with Crippen molar-refractivity contribution in [2.75, 3.05) is 16.8 Å². The summed E-state index contributed by atoms with van der Waals surface area (Å²) in [6.07, 6.45) is -0.570. The number of fused-ring (bicyclic) bond motifs is 1. The second-order valence-electron chi connectivity index (χ2n) is 5.82. The number of carbonyl (C=O) groups is 2. The summed E-state index contributed by atoms with van der Waals surface area (Å²) in [5.41, 5.74) is 0.860. The molecule has 3 rings (SSSR count). The molecule has 26 heavy (non-hydrogen) atoms. The maximum atomic E-state index is 12.4. The molecule has 2 amide bonds. The molecule has 0 fully saturated rings. The quantitative estimate of drug-likeness (QED) is 0.656. The van der Waals surface area contributed by atoms with E-state index in [-0.39, 0.29) is 30.5 Å². The summed E-state index contributed by atoms with van der Waals surface area (Å²) >= 11 is 0. The summed E-state index contributed by atoms with van der Waals surface area (Å²) in [5.74, 6) is 0.0421. The van der Waals surface area contributed by atoms with E-state index in [4.69, 9.17) is 4.74 Å². The zero-order valence-corrected chi connectivity index (χ0v) is 14.0. The number of nitro benzene ring substituents is 1. The first-order chi connectivity index (χ1) is 12.5. The third-order valence-corrected chi connectivity index (χ3v) is 3.98. The normalized spacial score (nSPS) is 15.8. The lowest BCUT2D eigenvalue weighted by molar-refractivity contribution is -0.384. The molecule has 134 valence electrons. The maximum Gasteiger partial charge on any atom is 0.271 e. The SMILES string of the molecule is CC1Oc2ccccc2N(CCC(=O)Nc2cccc([N+](=O)[O-])c2)C1=O. The number of nitrogens with one attached hydrogen (secondary N) is 1. The van der Waals surface area contributed by atoms with Crippen LogP contribution in [0.3, 0.4) is 0 Å². The van der Waals surface area contributed by atoms with E-state index in [0.29, 0.717) is 17.1 Å². The third kappa shape index (κ3) is 3.64. The molecule has 8 heteroatoms. The van der Waals surface area contributed by atoms with Gasteiger partial charge in [0.2, 0.25) is 5.91 Å². The van der Waals surface area contributed by atoms with E-state index in [0.717, 1.165) is 0 Å². The molecule has 0 aromatic heterocycles. The minimum absolute atomic E-state index is 0.0511. The minimum Gasteiger partial charge on any atom is -0.479 e. The Kier molecular flexibility index (Phi) is 4.83. The van der Waals surface area contributed by atoms with Crippen LogP contribution in [-0.4, -0.2) is 29.4 Å². The highest BCUT2D eigenvalue weighted by molar-refractivity contribution is 6.00. The third-order valence-electron chi connectivity index (χ3n) is 3.98. The van der Waals surface area contributed by atoms with Gasteiger partial charge in [0.1, 0.15) is 5.75 Å². The number of para-hydroxylation sites is 2. The van der Waals surface area contributed by atoms with Crippen LogP contribution in [0.5, 0.6) is 5.75 Å². The van der Waals surface area contributed by atoms with Crippen LogP contribution in [0.15, 0.2) is 48.5 Å². The summed E-state index contributed by atoms with van der Waals surface area (Å²) in [5, 5.41) is 13.4. The monoisotopic (exact) mass is 355 g/mol. The molecule has 0 bridgehead atoms. The highest BCUT2D eigenvalue weighted by Crippen LogP contribution is 2.33. The van der Waals surface area contributed by atoms with Crippen LogP contribution in [0, 0.1) is 10.1 Å². The van der Waals surface area contributed by atoms with Crippen molar-refractivity contribution in [3.8, 4) is 5.75 Å². The van der Waals surface area contributed by atoms with Crippen molar-refractivity contribution in [1.82, 2.24) is 0 Å². The summed E-state index contributed by atoms with van der Waals surface area (Å²) in [4.78, 5) is 36.3. The fourth-order valence-corrected chi connectivity index (χ4v) is 2.72. The highest BCUT2D eigenvalue weighted by Gasteiger charge is 2.31. The number of carbonyl (C=O) groups excluding carboxylic acids is 2. The van der Waals surface area contributed by atoms with Gasteiger partial charge in [0.25, 0.3) is 11.6 Å².